The summed E-state index contributed by atoms with van der Waals surface area (Å²) in [6.07, 6.45) is 2.24. The number of hydrogen-bond acceptors (Lipinski definition) is 6. The third kappa shape index (κ3) is 4.97. The zero-order valence-corrected chi connectivity index (χ0v) is 17.7. The Bertz CT molecular complexity index is 1210. The maximum absolute atomic E-state index is 14.3. The summed E-state index contributed by atoms with van der Waals surface area (Å²) in [5.74, 6) is 0.972. The molecule has 2 aromatic heterocycles. The van der Waals surface area contributed by atoms with Crippen LogP contribution in [0.15, 0.2) is 60.2 Å². The number of carbonyl (C=O) groups excluding carboxylic acids is 1. The van der Waals surface area contributed by atoms with Crippen LogP contribution < -0.4 is 15.4 Å². The monoisotopic (exact) mass is 436 g/mol. The Labute approximate surface area is 183 Å². The highest BCUT2D eigenvalue weighted by molar-refractivity contribution is 7.17. The van der Waals surface area contributed by atoms with Crippen molar-refractivity contribution in [1.82, 2.24) is 9.97 Å². The highest BCUT2D eigenvalue weighted by Gasteiger charge is 2.15. The van der Waals surface area contributed by atoms with Gasteiger partial charge in [-0.15, -0.1) is 11.3 Å². The summed E-state index contributed by atoms with van der Waals surface area (Å²) in [5, 5.41) is 8.79. The Morgan fingerprint density at radius 1 is 1.13 bits per heavy atom. The van der Waals surface area contributed by atoms with E-state index in [-0.39, 0.29) is 11.7 Å². The number of anilines is 2. The second kappa shape index (κ2) is 9.53. The molecule has 0 aliphatic carbocycles. The van der Waals surface area contributed by atoms with E-state index >= 15 is 0 Å². The van der Waals surface area contributed by atoms with Crippen molar-refractivity contribution in [2.24, 2.45) is 0 Å². The highest BCUT2D eigenvalue weighted by atomic mass is 32.1. The van der Waals surface area contributed by atoms with Gasteiger partial charge in [-0.2, -0.15) is 0 Å². The Balaban J connectivity index is 1.39. The van der Waals surface area contributed by atoms with Crippen LogP contribution in [0.3, 0.4) is 0 Å². The predicted octanol–water partition coefficient (Wildman–Crippen LogP) is 5.34. The summed E-state index contributed by atoms with van der Waals surface area (Å²) >= 11 is 1.47. The number of rotatable bonds is 8. The van der Waals surface area contributed by atoms with Crippen molar-refractivity contribution in [2.45, 2.75) is 13.3 Å². The quantitative estimate of drug-likeness (QED) is 0.365. The molecule has 8 heteroatoms. The lowest BCUT2D eigenvalue weighted by Crippen LogP contribution is -2.09. The van der Waals surface area contributed by atoms with E-state index in [9.17, 15) is 9.18 Å². The first-order valence-electron chi connectivity index (χ1n) is 9.83. The van der Waals surface area contributed by atoms with E-state index in [2.05, 4.69) is 20.6 Å². The van der Waals surface area contributed by atoms with E-state index in [1.54, 1.807) is 18.2 Å². The molecule has 2 aromatic carbocycles. The van der Waals surface area contributed by atoms with Crippen LogP contribution in [0.2, 0.25) is 0 Å². The molecular weight excluding hydrogens is 415 g/mol. The smallest absolute Gasteiger partial charge is 0.221 e. The highest BCUT2D eigenvalue weighted by Crippen LogP contribution is 2.37. The Kier molecular flexibility index (Phi) is 6.37. The minimum absolute atomic E-state index is 0.124. The number of amides is 1. The van der Waals surface area contributed by atoms with Gasteiger partial charge in [0.2, 0.25) is 5.91 Å². The van der Waals surface area contributed by atoms with E-state index in [4.69, 9.17) is 4.74 Å². The summed E-state index contributed by atoms with van der Waals surface area (Å²) in [6, 6.07) is 14.0. The maximum Gasteiger partial charge on any atom is 0.221 e. The maximum atomic E-state index is 14.3. The molecule has 0 aliphatic heterocycles. The number of nitrogens with one attached hydrogen (secondary N) is 2. The van der Waals surface area contributed by atoms with Crippen molar-refractivity contribution in [3.05, 3.63) is 66.1 Å². The van der Waals surface area contributed by atoms with Gasteiger partial charge in [-0.1, -0.05) is 24.3 Å². The van der Waals surface area contributed by atoms with E-state index < -0.39 is 0 Å². The second-order valence-corrected chi connectivity index (χ2v) is 7.73. The van der Waals surface area contributed by atoms with Gasteiger partial charge < -0.3 is 15.4 Å². The fourth-order valence-electron chi connectivity index (χ4n) is 3.22. The second-order valence-electron chi connectivity index (χ2n) is 6.87. The van der Waals surface area contributed by atoms with E-state index in [0.717, 1.165) is 22.2 Å². The van der Waals surface area contributed by atoms with Gasteiger partial charge in [0.15, 0.2) is 0 Å². The number of ether oxygens (including phenoxy) is 1. The summed E-state index contributed by atoms with van der Waals surface area (Å²) in [5.41, 5.74) is 2.02. The zero-order valence-electron chi connectivity index (χ0n) is 16.9. The first-order valence-corrected chi connectivity index (χ1v) is 10.7. The Morgan fingerprint density at radius 3 is 2.84 bits per heavy atom. The third-order valence-electron chi connectivity index (χ3n) is 4.57. The molecular formula is C23H21FN4O2S. The van der Waals surface area contributed by atoms with Gasteiger partial charge in [0.1, 0.15) is 28.5 Å². The fraction of sp³-hybridized carbons (Fsp3) is 0.174. The van der Waals surface area contributed by atoms with Gasteiger partial charge in [-0.05, 0) is 24.6 Å². The lowest BCUT2D eigenvalue weighted by Gasteiger charge is -2.10. The molecule has 4 aromatic rings. The van der Waals surface area contributed by atoms with Crippen molar-refractivity contribution in [1.29, 1.82) is 0 Å². The zero-order chi connectivity index (χ0) is 21.6. The van der Waals surface area contributed by atoms with E-state index in [1.807, 2.05) is 29.6 Å². The molecule has 0 unspecified atom stereocenters. The largest absolute Gasteiger partial charge is 0.493 e. The predicted molar refractivity (Wildman–Crippen MR) is 122 cm³/mol. The van der Waals surface area contributed by atoms with Crippen molar-refractivity contribution in [2.75, 3.05) is 23.8 Å². The molecule has 1 amide bonds. The van der Waals surface area contributed by atoms with Crippen LogP contribution in [-0.4, -0.2) is 29.0 Å². The van der Waals surface area contributed by atoms with Crippen molar-refractivity contribution in [3.8, 4) is 16.9 Å². The van der Waals surface area contributed by atoms with Crippen LogP contribution in [0.4, 0.5) is 15.9 Å². The van der Waals surface area contributed by atoms with Crippen molar-refractivity contribution < 1.29 is 13.9 Å². The van der Waals surface area contributed by atoms with Crippen LogP contribution in [0, 0.1) is 5.82 Å². The molecule has 0 saturated carbocycles. The first kappa shape index (κ1) is 20.7. The molecule has 158 valence electrons. The number of hydrogen-bond donors (Lipinski definition) is 2. The van der Waals surface area contributed by atoms with Gasteiger partial charge in [0.05, 0.1) is 12.0 Å². The summed E-state index contributed by atoms with van der Waals surface area (Å²) in [6.45, 7) is 2.59. The molecule has 0 fully saturated rings. The number of carbonyl (C=O) groups is 1. The van der Waals surface area contributed by atoms with Gasteiger partial charge >= 0.3 is 0 Å². The number of benzene rings is 2. The van der Waals surface area contributed by atoms with Crippen molar-refractivity contribution >= 4 is 39.0 Å². The number of nitrogens with zero attached hydrogens (tertiary/aromatic N) is 2. The number of halogens is 1. The van der Waals surface area contributed by atoms with Crippen LogP contribution in [0.5, 0.6) is 5.75 Å². The van der Waals surface area contributed by atoms with Crippen LogP contribution in [-0.2, 0) is 4.79 Å². The van der Waals surface area contributed by atoms with Crippen LogP contribution in [0.25, 0.3) is 21.3 Å². The Hall–Kier alpha value is -3.52. The Morgan fingerprint density at radius 2 is 2.00 bits per heavy atom. The number of thiophene rings is 1. The standard InChI is InChI=1S/C23H21FN4O2S/c1-15(29)28-16-6-4-7-17(12-16)30-11-5-10-25-22-21-19(13-31-23(21)27-14-26-22)18-8-2-3-9-20(18)24/h2-4,6-9,12-14H,5,10-11H2,1H3,(H,28,29)(H,25,26,27). The average molecular weight is 437 g/mol. The molecule has 0 atom stereocenters. The lowest BCUT2D eigenvalue weighted by atomic mass is 10.1. The molecule has 4 rings (SSSR count). The minimum Gasteiger partial charge on any atom is -0.493 e. The van der Waals surface area contributed by atoms with E-state index in [0.29, 0.717) is 36.0 Å². The molecule has 2 N–H and O–H groups in total. The van der Waals surface area contributed by atoms with E-state index in [1.165, 1.54) is 30.7 Å². The minimum atomic E-state index is -0.271. The average Bonchev–Trinajstić information content (AvgIpc) is 3.18. The van der Waals surface area contributed by atoms with Gasteiger partial charge in [0, 0.05) is 41.7 Å². The van der Waals surface area contributed by atoms with Crippen molar-refractivity contribution in [3.63, 3.8) is 0 Å². The SMILES string of the molecule is CC(=O)Nc1cccc(OCCCNc2ncnc3scc(-c4ccccc4F)c23)c1. The number of fused-ring (bicyclic) bond motifs is 1. The molecule has 6 nitrogen and oxygen atoms in total. The first-order chi connectivity index (χ1) is 15.1. The number of aromatic nitrogens is 2. The van der Waals surface area contributed by atoms with Crippen LogP contribution >= 0.6 is 11.3 Å². The topological polar surface area (TPSA) is 76.1 Å². The molecule has 0 spiro atoms. The third-order valence-corrected chi connectivity index (χ3v) is 5.46. The fourth-order valence-corrected chi connectivity index (χ4v) is 4.13. The summed E-state index contributed by atoms with van der Waals surface area (Å²) in [7, 11) is 0. The van der Waals surface area contributed by atoms with Gasteiger partial charge in [-0.3, -0.25) is 4.79 Å². The molecule has 0 radical (unpaired) electrons. The normalized spacial score (nSPS) is 10.8. The molecule has 0 aliphatic rings. The molecule has 0 bridgehead atoms. The van der Waals surface area contributed by atoms with Gasteiger partial charge in [0.25, 0.3) is 0 Å². The lowest BCUT2D eigenvalue weighted by molar-refractivity contribution is -0.114. The molecule has 31 heavy (non-hydrogen) atoms. The van der Waals surface area contributed by atoms with Gasteiger partial charge in [-0.25, -0.2) is 14.4 Å². The summed E-state index contributed by atoms with van der Waals surface area (Å²) < 4.78 is 20.1. The van der Waals surface area contributed by atoms with Crippen LogP contribution in [0.1, 0.15) is 13.3 Å². The molecule has 0 saturated heterocycles. The summed E-state index contributed by atoms with van der Waals surface area (Å²) in [4.78, 5) is 20.7. The molecule has 2 heterocycles.